The number of ether oxygens (including phenoxy) is 3. The monoisotopic (exact) mass is 487 g/mol. The first-order valence-electron chi connectivity index (χ1n) is 12.1. The standard InChI is InChI=1S/C25H33N3O7/c1-33-19-4-3-18(10-20(19)34-2)23(31)28-27-21(29)14-35-22(30)5-6-26-24(32)25-11-15-7-16(12-25)9-17(8-15)13-25/h3-4,10,15-17H,5-9,11-14H2,1-2H3,(H,26,32)(H,27,29)(H,28,31). The number of hydrazine groups is 1. The average molecular weight is 488 g/mol. The Morgan fingerprint density at radius 3 is 2.14 bits per heavy atom. The zero-order valence-electron chi connectivity index (χ0n) is 20.2. The fraction of sp³-hybridized carbons (Fsp3) is 0.600. The topological polar surface area (TPSA) is 132 Å². The van der Waals surface area contributed by atoms with Crippen molar-refractivity contribution in [1.82, 2.24) is 16.2 Å². The van der Waals surface area contributed by atoms with Gasteiger partial charge in [0.05, 0.1) is 20.6 Å². The second-order valence-electron chi connectivity index (χ2n) is 9.94. The van der Waals surface area contributed by atoms with E-state index in [0.717, 1.165) is 19.3 Å². The molecule has 35 heavy (non-hydrogen) atoms. The molecule has 5 rings (SSSR count). The van der Waals surface area contributed by atoms with Gasteiger partial charge in [-0.1, -0.05) is 0 Å². The van der Waals surface area contributed by atoms with Crippen LogP contribution in [0.2, 0.25) is 0 Å². The van der Waals surface area contributed by atoms with Crippen LogP contribution in [0.5, 0.6) is 11.5 Å². The van der Waals surface area contributed by atoms with E-state index in [1.54, 1.807) is 6.07 Å². The Kier molecular flexibility index (Phi) is 7.47. The quantitative estimate of drug-likeness (QED) is 0.357. The van der Waals surface area contributed by atoms with Crippen molar-refractivity contribution in [2.45, 2.75) is 44.9 Å². The maximum atomic E-state index is 12.9. The Labute approximate surface area is 204 Å². The van der Waals surface area contributed by atoms with Gasteiger partial charge < -0.3 is 19.5 Å². The number of amides is 3. The number of rotatable bonds is 9. The first-order chi connectivity index (χ1) is 16.8. The molecule has 0 unspecified atom stereocenters. The smallest absolute Gasteiger partial charge is 0.308 e. The molecule has 0 aromatic heterocycles. The number of carbonyl (C=O) groups excluding carboxylic acids is 4. The fourth-order valence-electron chi connectivity index (χ4n) is 6.28. The second kappa shape index (κ2) is 10.5. The summed E-state index contributed by atoms with van der Waals surface area (Å²) in [6.07, 6.45) is 6.64. The molecule has 4 fully saturated rings. The normalized spacial score (nSPS) is 25.9. The molecule has 4 aliphatic carbocycles. The minimum atomic E-state index is -0.690. The Bertz CT molecular complexity index is 958. The van der Waals surface area contributed by atoms with Crippen molar-refractivity contribution in [3.05, 3.63) is 23.8 Å². The molecule has 4 aliphatic rings. The van der Waals surface area contributed by atoms with Gasteiger partial charge in [0.25, 0.3) is 11.8 Å². The largest absolute Gasteiger partial charge is 0.493 e. The van der Waals surface area contributed by atoms with Gasteiger partial charge in [0.1, 0.15) is 0 Å². The first-order valence-corrected chi connectivity index (χ1v) is 12.1. The summed E-state index contributed by atoms with van der Waals surface area (Å²) >= 11 is 0. The lowest BCUT2D eigenvalue weighted by Gasteiger charge is -2.55. The van der Waals surface area contributed by atoms with Crippen LogP contribution >= 0.6 is 0 Å². The van der Waals surface area contributed by atoms with Crippen LogP contribution in [-0.4, -0.2) is 51.1 Å². The zero-order chi connectivity index (χ0) is 25.0. The summed E-state index contributed by atoms with van der Waals surface area (Å²) in [4.78, 5) is 49.1. The van der Waals surface area contributed by atoms with Crippen LogP contribution in [0.15, 0.2) is 18.2 Å². The molecule has 1 aromatic rings. The van der Waals surface area contributed by atoms with Crippen LogP contribution < -0.4 is 25.6 Å². The zero-order valence-corrected chi connectivity index (χ0v) is 20.2. The molecule has 1 aromatic carbocycles. The molecular weight excluding hydrogens is 454 g/mol. The van der Waals surface area contributed by atoms with Crippen molar-refractivity contribution in [1.29, 1.82) is 0 Å². The molecule has 10 heteroatoms. The number of hydrogen-bond acceptors (Lipinski definition) is 7. The summed E-state index contributed by atoms with van der Waals surface area (Å²) in [5.41, 5.74) is 4.43. The molecule has 4 bridgehead atoms. The first kappa shape index (κ1) is 24.8. The van der Waals surface area contributed by atoms with Gasteiger partial charge in [0.2, 0.25) is 5.91 Å². The number of methoxy groups -OCH3 is 2. The Morgan fingerprint density at radius 1 is 0.914 bits per heavy atom. The van der Waals surface area contributed by atoms with Crippen molar-refractivity contribution in [2.24, 2.45) is 23.2 Å². The number of nitrogens with one attached hydrogen (secondary N) is 3. The Hall–Kier alpha value is -3.30. The van der Waals surface area contributed by atoms with E-state index < -0.39 is 24.4 Å². The molecule has 0 aliphatic heterocycles. The lowest BCUT2D eigenvalue weighted by atomic mass is 9.49. The summed E-state index contributed by atoms with van der Waals surface area (Å²) < 4.78 is 15.2. The predicted molar refractivity (Wildman–Crippen MR) is 124 cm³/mol. The Balaban J connectivity index is 1.13. The highest BCUT2D eigenvalue weighted by Gasteiger charge is 2.54. The van der Waals surface area contributed by atoms with E-state index in [1.165, 1.54) is 45.6 Å². The number of benzene rings is 1. The van der Waals surface area contributed by atoms with Crippen LogP contribution in [0, 0.1) is 23.2 Å². The van der Waals surface area contributed by atoms with Gasteiger partial charge in [-0.25, -0.2) is 0 Å². The van der Waals surface area contributed by atoms with E-state index in [9.17, 15) is 19.2 Å². The molecule has 0 saturated heterocycles. The van der Waals surface area contributed by atoms with Crippen molar-refractivity contribution < 1.29 is 33.4 Å². The van der Waals surface area contributed by atoms with Gasteiger partial charge in [-0.2, -0.15) is 0 Å². The van der Waals surface area contributed by atoms with E-state index in [-0.39, 0.29) is 29.9 Å². The molecule has 0 spiro atoms. The van der Waals surface area contributed by atoms with E-state index in [0.29, 0.717) is 29.3 Å². The fourth-order valence-corrected chi connectivity index (χ4v) is 6.28. The maximum absolute atomic E-state index is 12.9. The van der Waals surface area contributed by atoms with Crippen molar-refractivity contribution in [3.63, 3.8) is 0 Å². The number of esters is 1. The highest BCUT2D eigenvalue weighted by Crippen LogP contribution is 2.60. The summed E-state index contributed by atoms with van der Waals surface area (Å²) in [5, 5.41) is 2.92. The molecule has 10 nitrogen and oxygen atoms in total. The van der Waals surface area contributed by atoms with E-state index in [1.807, 2.05) is 0 Å². The second-order valence-corrected chi connectivity index (χ2v) is 9.94. The van der Waals surface area contributed by atoms with Gasteiger partial charge in [0.15, 0.2) is 18.1 Å². The van der Waals surface area contributed by atoms with Gasteiger partial charge in [-0.3, -0.25) is 30.0 Å². The Morgan fingerprint density at radius 2 is 1.54 bits per heavy atom. The third-order valence-electron chi connectivity index (χ3n) is 7.46. The maximum Gasteiger partial charge on any atom is 0.308 e. The predicted octanol–water partition coefficient (Wildman–Crippen LogP) is 1.73. The van der Waals surface area contributed by atoms with Crippen LogP contribution in [0.25, 0.3) is 0 Å². The molecule has 3 amide bonds. The summed E-state index contributed by atoms with van der Waals surface area (Å²) in [5.74, 6) is 1.04. The summed E-state index contributed by atoms with van der Waals surface area (Å²) in [6, 6.07) is 4.55. The minimum absolute atomic E-state index is 0.0244. The average Bonchev–Trinajstić information content (AvgIpc) is 2.84. The van der Waals surface area contributed by atoms with Crippen LogP contribution in [0.1, 0.15) is 55.3 Å². The van der Waals surface area contributed by atoms with Crippen molar-refractivity contribution in [2.75, 3.05) is 27.4 Å². The van der Waals surface area contributed by atoms with Crippen LogP contribution in [0.4, 0.5) is 0 Å². The third-order valence-corrected chi connectivity index (χ3v) is 7.46. The number of hydrogen-bond donors (Lipinski definition) is 3. The third kappa shape index (κ3) is 5.68. The lowest BCUT2D eigenvalue weighted by Crippen LogP contribution is -2.53. The van der Waals surface area contributed by atoms with Crippen molar-refractivity contribution >= 4 is 23.7 Å². The van der Waals surface area contributed by atoms with E-state index >= 15 is 0 Å². The lowest BCUT2D eigenvalue weighted by molar-refractivity contribution is -0.149. The minimum Gasteiger partial charge on any atom is -0.493 e. The summed E-state index contributed by atoms with van der Waals surface area (Å²) in [7, 11) is 2.93. The molecule has 3 N–H and O–H groups in total. The van der Waals surface area contributed by atoms with Gasteiger partial charge in [-0.05, 0) is 74.5 Å². The highest BCUT2D eigenvalue weighted by molar-refractivity contribution is 5.96. The molecule has 0 atom stereocenters. The SMILES string of the molecule is COc1ccc(C(=O)NNC(=O)COC(=O)CCNC(=O)C23CC4CC(CC(C4)C2)C3)cc1OC. The molecule has 0 radical (unpaired) electrons. The van der Waals surface area contributed by atoms with Crippen molar-refractivity contribution in [3.8, 4) is 11.5 Å². The van der Waals surface area contributed by atoms with Gasteiger partial charge in [0, 0.05) is 17.5 Å². The van der Waals surface area contributed by atoms with E-state index in [4.69, 9.17) is 14.2 Å². The van der Waals surface area contributed by atoms with Crippen LogP contribution in [0.3, 0.4) is 0 Å². The molecule has 190 valence electrons. The molecule has 4 saturated carbocycles. The van der Waals surface area contributed by atoms with Crippen LogP contribution in [-0.2, 0) is 19.1 Å². The molecule has 0 heterocycles. The molecular formula is C25H33N3O7. The van der Waals surface area contributed by atoms with E-state index in [2.05, 4.69) is 16.2 Å². The summed E-state index contributed by atoms with van der Waals surface area (Å²) in [6.45, 7) is -0.370. The highest BCUT2D eigenvalue weighted by atomic mass is 16.5. The van der Waals surface area contributed by atoms with Gasteiger partial charge in [-0.15, -0.1) is 0 Å². The van der Waals surface area contributed by atoms with Gasteiger partial charge >= 0.3 is 5.97 Å². The number of carbonyl (C=O) groups is 4.